The number of rotatable bonds is 3. The van der Waals surface area contributed by atoms with E-state index < -0.39 is 0 Å². The molecule has 0 N–H and O–H groups in total. The lowest BCUT2D eigenvalue weighted by atomic mass is 10.1. The summed E-state index contributed by atoms with van der Waals surface area (Å²) in [7, 11) is 0. The molecule has 0 amide bonds. The minimum Gasteiger partial charge on any atom is -0.460 e. The summed E-state index contributed by atoms with van der Waals surface area (Å²) in [5, 5.41) is 0. The van der Waals surface area contributed by atoms with Crippen molar-refractivity contribution < 1.29 is 9.53 Å². The summed E-state index contributed by atoms with van der Waals surface area (Å²) in [6.07, 6.45) is 5.07. The quantitative estimate of drug-likeness (QED) is 0.766. The summed E-state index contributed by atoms with van der Waals surface area (Å²) in [6.45, 7) is 1.72. The molecule has 0 spiro atoms. The van der Waals surface area contributed by atoms with Crippen molar-refractivity contribution in [2.45, 2.75) is 37.8 Å². The maximum Gasteiger partial charge on any atom is 0.338 e. The number of carbonyl (C=O) groups excluding carboxylic acids is 1. The van der Waals surface area contributed by atoms with Gasteiger partial charge in [-0.3, -0.25) is 4.90 Å². The molecule has 0 unspecified atom stereocenters. The van der Waals surface area contributed by atoms with Crippen LogP contribution in [0.1, 0.15) is 36.0 Å². The summed E-state index contributed by atoms with van der Waals surface area (Å²) in [6, 6.07) is 10.4. The van der Waals surface area contributed by atoms with Crippen LogP contribution in [-0.2, 0) is 4.74 Å². The topological polar surface area (TPSA) is 29.5 Å². The molecule has 2 aliphatic heterocycles. The van der Waals surface area contributed by atoms with Crippen molar-refractivity contribution in [2.75, 3.05) is 13.2 Å². The van der Waals surface area contributed by atoms with Gasteiger partial charge in [-0.2, -0.15) is 0 Å². The summed E-state index contributed by atoms with van der Waals surface area (Å²) in [5.74, 6) is -0.196. The molecule has 96 valence electrons. The number of nitrogens with zero attached hydrogens (tertiary/aromatic N) is 1. The van der Waals surface area contributed by atoms with Crippen molar-refractivity contribution >= 4 is 5.97 Å². The van der Waals surface area contributed by atoms with Gasteiger partial charge in [0.2, 0.25) is 0 Å². The van der Waals surface area contributed by atoms with Gasteiger partial charge in [-0.15, -0.1) is 0 Å². The maximum atomic E-state index is 11.9. The van der Waals surface area contributed by atoms with E-state index in [1.54, 1.807) is 12.1 Å². The fourth-order valence-electron chi connectivity index (χ4n) is 3.21. The molecule has 1 aromatic carbocycles. The molecule has 1 aromatic rings. The molecule has 3 rings (SSSR count). The Morgan fingerprint density at radius 2 is 2.06 bits per heavy atom. The Labute approximate surface area is 108 Å². The molecule has 2 aliphatic rings. The maximum absolute atomic E-state index is 11.9. The summed E-state index contributed by atoms with van der Waals surface area (Å²) >= 11 is 0. The van der Waals surface area contributed by atoms with Crippen LogP contribution in [0.5, 0.6) is 0 Å². The molecule has 0 radical (unpaired) electrons. The van der Waals surface area contributed by atoms with Gasteiger partial charge in [0, 0.05) is 12.1 Å². The Kier molecular flexibility index (Phi) is 3.33. The highest BCUT2D eigenvalue weighted by Crippen LogP contribution is 2.32. The Morgan fingerprint density at radius 1 is 1.22 bits per heavy atom. The van der Waals surface area contributed by atoms with Crippen LogP contribution in [-0.4, -0.2) is 36.1 Å². The van der Waals surface area contributed by atoms with Crippen molar-refractivity contribution in [3.8, 4) is 0 Å². The van der Waals surface area contributed by atoms with E-state index in [9.17, 15) is 4.79 Å². The molecule has 0 bridgehead atoms. The van der Waals surface area contributed by atoms with Crippen LogP contribution < -0.4 is 0 Å². The number of hydrogen-bond acceptors (Lipinski definition) is 3. The third-order valence-corrected chi connectivity index (χ3v) is 4.14. The smallest absolute Gasteiger partial charge is 0.338 e. The normalized spacial score (nSPS) is 27.1. The van der Waals surface area contributed by atoms with Gasteiger partial charge in [-0.05, 0) is 44.4 Å². The Balaban J connectivity index is 1.54. The first-order valence-corrected chi connectivity index (χ1v) is 6.82. The molecule has 2 atom stereocenters. The number of hydrogen-bond donors (Lipinski definition) is 0. The van der Waals surface area contributed by atoms with E-state index in [4.69, 9.17) is 4.74 Å². The highest BCUT2D eigenvalue weighted by Gasteiger charge is 2.36. The number of carbonyl (C=O) groups is 1. The second-order valence-corrected chi connectivity index (χ2v) is 5.23. The molecule has 18 heavy (non-hydrogen) atoms. The van der Waals surface area contributed by atoms with Crippen LogP contribution in [0.15, 0.2) is 30.3 Å². The Morgan fingerprint density at radius 3 is 2.89 bits per heavy atom. The van der Waals surface area contributed by atoms with E-state index in [1.807, 2.05) is 18.2 Å². The van der Waals surface area contributed by atoms with Crippen LogP contribution in [0.3, 0.4) is 0 Å². The van der Waals surface area contributed by atoms with Crippen LogP contribution in [0.2, 0.25) is 0 Å². The molecule has 0 saturated carbocycles. The fourth-order valence-corrected chi connectivity index (χ4v) is 3.21. The zero-order valence-corrected chi connectivity index (χ0v) is 10.5. The van der Waals surface area contributed by atoms with Gasteiger partial charge in [0.05, 0.1) is 5.56 Å². The number of ether oxygens (including phenoxy) is 1. The predicted molar refractivity (Wildman–Crippen MR) is 69.5 cm³/mol. The summed E-state index contributed by atoms with van der Waals surface area (Å²) in [5.41, 5.74) is 0.647. The van der Waals surface area contributed by atoms with E-state index >= 15 is 0 Å². The SMILES string of the molecule is O=C(OC[C@@H]1CC[C@@H]2CCCN21)c1ccccc1. The van der Waals surface area contributed by atoms with Crippen molar-refractivity contribution in [3.63, 3.8) is 0 Å². The van der Waals surface area contributed by atoms with Crippen LogP contribution >= 0.6 is 0 Å². The van der Waals surface area contributed by atoms with E-state index in [-0.39, 0.29) is 5.97 Å². The van der Waals surface area contributed by atoms with Gasteiger partial charge in [0.25, 0.3) is 0 Å². The van der Waals surface area contributed by atoms with Crippen molar-refractivity contribution in [1.82, 2.24) is 4.90 Å². The lowest BCUT2D eigenvalue weighted by Crippen LogP contribution is -2.35. The highest BCUT2D eigenvalue weighted by molar-refractivity contribution is 5.89. The monoisotopic (exact) mass is 245 g/mol. The first-order valence-electron chi connectivity index (χ1n) is 6.82. The molecule has 3 nitrogen and oxygen atoms in total. The lowest BCUT2D eigenvalue weighted by molar-refractivity contribution is 0.0394. The molecule has 2 saturated heterocycles. The average Bonchev–Trinajstić information content (AvgIpc) is 3.00. The van der Waals surface area contributed by atoms with Gasteiger partial charge in [-0.1, -0.05) is 18.2 Å². The largest absolute Gasteiger partial charge is 0.460 e. The Hall–Kier alpha value is -1.35. The number of fused-ring (bicyclic) bond motifs is 1. The molecule has 2 heterocycles. The van der Waals surface area contributed by atoms with Crippen molar-refractivity contribution in [1.29, 1.82) is 0 Å². The Bertz CT molecular complexity index is 418. The van der Waals surface area contributed by atoms with Gasteiger partial charge >= 0.3 is 5.97 Å². The fraction of sp³-hybridized carbons (Fsp3) is 0.533. The summed E-state index contributed by atoms with van der Waals surface area (Å²) < 4.78 is 5.44. The molecular formula is C15H19NO2. The second-order valence-electron chi connectivity index (χ2n) is 5.23. The molecule has 0 aliphatic carbocycles. The minimum absolute atomic E-state index is 0.196. The first kappa shape index (κ1) is 11.7. The van der Waals surface area contributed by atoms with Crippen LogP contribution in [0.4, 0.5) is 0 Å². The zero-order valence-electron chi connectivity index (χ0n) is 10.5. The van der Waals surface area contributed by atoms with E-state index in [0.717, 1.165) is 6.04 Å². The number of benzene rings is 1. The van der Waals surface area contributed by atoms with E-state index in [2.05, 4.69) is 4.90 Å². The molecule has 3 heteroatoms. The van der Waals surface area contributed by atoms with Gasteiger partial charge in [-0.25, -0.2) is 4.79 Å². The second kappa shape index (κ2) is 5.11. The van der Waals surface area contributed by atoms with E-state index in [0.29, 0.717) is 18.2 Å². The van der Waals surface area contributed by atoms with E-state index in [1.165, 1.54) is 32.2 Å². The van der Waals surface area contributed by atoms with Crippen LogP contribution in [0.25, 0.3) is 0 Å². The third kappa shape index (κ3) is 2.27. The zero-order chi connectivity index (χ0) is 12.4. The van der Waals surface area contributed by atoms with Crippen molar-refractivity contribution in [3.05, 3.63) is 35.9 Å². The molecule has 2 fully saturated rings. The predicted octanol–water partition coefficient (Wildman–Crippen LogP) is 2.47. The standard InChI is InChI=1S/C15H19NO2/c17-15(12-5-2-1-3-6-12)18-11-14-9-8-13-7-4-10-16(13)14/h1-3,5-6,13-14H,4,7-11H2/t13-,14-/m0/s1. The number of esters is 1. The van der Waals surface area contributed by atoms with Crippen molar-refractivity contribution in [2.24, 2.45) is 0 Å². The molecular weight excluding hydrogens is 226 g/mol. The van der Waals surface area contributed by atoms with Gasteiger partial charge < -0.3 is 4.74 Å². The molecule has 0 aromatic heterocycles. The highest BCUT2D eigenvalue weighted by atomic mass is 16.5. The third-order valence-electron chi connectivity index (χ3n) is 4.14. The van der Waals surface area contributed by atoms with Crippen LogP contribution in [0, 0.1) is 0 Å². The lowest BCUT2D eigenvalue weighted by Gasteiger charge is -2.23. The average molecular weight is 245 g/mol. The summed E-state index contributed by atoms with van der Waals surface area (Å²) in [4.78, 5) is 14.4. The van der Waals surface area contributed by atoms with Gasteiger partial charge in [0.1, 0.15) is 6.61 Å². The van der Waals surface area contributed by atoms with Gasteiger partial charge in [0.15, 0.2) is 0 Å². The first-order chi connectivity index (χ1) is 8.84. The minimum atomic E-state index is -0.196.